The first-order chi connectivity index (χ1) is 18.6. The molecular weight excluding hydrogens is 496 g/mol. The zero-order chi connectivity index (χ0) is 26.5. The molecule has 0 aliphatic heterocycles. The van der Waals surface area contributed by atoms with Crippen LogP contribution in [-0.4, -0.2) is 28.3 Å². The van der Waals surface area contributed by atoms with E-state index in [1.54, 1.807) is 23.9 Å². The Kier molecular flexibility index (Phi) is 7.47. The molecule has 0 fully saturated rings. The second kappa shape index (κ2) is 11.3. The topological polar surface area (TPSA) is 97.0 Å². The number of nitrogens with one attached hydrogen (secondary N) is 1. The maximum Gasteiger partial charge on any atom is 0.341 e. The molecule has 1 amide bonds. The molecule has 0 radical (unpaired) electrons. The molecular formula is C30H26N4O3S. The number of nitriles is 1. The first-order valence-electron chi connectivity index (χ1n) is 12.5. The summed E-state index contributed by atoms with van der Waals surface area (Å²) in [5.41, 5.74) is 4.27. The van der Waals surface area contributed by atoms with Gasteiger partial charge < -0.3 is 10.1 Å². The van der Waals surface area contributed by atoms with E-state index in [1.165, 1.54) is 11.3 Å². The third-order valence-corrected chi connectivity index (χ3v) is 7.56. The average Bonchev–Trinajstić information content (AvgIpc) is 3.54. The minimum atomic E-state index is -0.580. The number of hydrogen-bond donors (Lipinski definition) is 1. The number of thiophene rings is 1. The zero-order valence-corrected chi connectivity index (χ0v) is 21.8. The second-order valence-corrected chi connectivity index (χ2v) is 9.94. The molecule has 0 spiro atoms. The van der Waals surface area contributed by atoms with Gasteiger partial charge in [-0.2, -0.15) is 10.4 Å². The van der Waals surface area contributed by atoms with E-state index >= 15 is 0 Å². The number of rotatable bonds is 7. The maximum atomic E-state index is 13.3. The Labute approximate surface area is 225 Å². The average molecular weight is 523 g/mol. The van der Waals surface area contributed by atoms with Crippen LogP contribution in [0.3, 0.4) is 0 Å². The first-order valence-corrected chi connectivity index (χ1v) is 13.4. The Morgan fingerprint density at radius 2 is 1.82 bits per heavy atom. The number of aromatic nitrogens is 2. The van der Waals surface area contributed by atoms with Gasteiger partial charge in [-0.1, -0.05) is 48.5 Å². The fraction of sp³-hybridized carbons (Fsp3) is 0.200. The molecule has 0 atom stereocenters. The third-order valence-electron chi connectivity index (χ3n) is 6.35. The second-order valence-electron chi connectivity index (χ2n) is 8.84. The van der Waals surface area contributed by atoms with Crippen LogP contribution < -0.4 is 5.32 Å². The molecule has 2 heterocycles. The van der Waals surface area contributed by atoms with Gasteiger partial charge in [-0.05, 0) is 56.4 Å². The molecule has 38 heavy (non-hydrogen) atoms. The van der Waals surface area contributed by atoms with Crippen molar-refractivity contribution in [1.82, 2.24) is 9.78 Å². The van der Waals surface area contributed by atoms with Crippen LogP contribution in [0, 0.1) is 11.3 Å². The predicted molar refractivity (Wildman–Crippen MR) is 148 cm³/mol. The van der Waals surface area contributed by atoms with Gasteiger partial charge in [0.1, 0.15) is 16.6 Å². The number of anilines is 1. The normalized spacial score (nSPS) is 12.9. The molecule has 1 aliphatic rings. The zero-order valence-electron chi connectivity index (χ0n) is 20.9. The SMILES string of the molecule is CCOC(=O)c1c(NC(=O)/C(C#N)=C/c2cn(-c3ccccc3)nc2-c2ccccc2)sc2c1CCCC2. The molecule has 190 valence electrons. The number of nitrogens with zero attached hydrogens (tertiary/aromatic N) is 3. The van der Waals surface area contributed by atoms with Crippen molar-refractivity contribution >= 4 is 34.3 Å². The summed E-state index contributed by atoms with van der Waals surface area (Å²) in [7, 11) is 0. The number of para-hydroxylation sites is 1. The van der Waals surface area contributed by atoms with Gasteiger partial charge in [0.05, 0.1) is 23.6 Å². The molecule has 0 saturated heterocycles. The van der Waals surface area contributed by atoms with Gasteiger partial charge in [0.2, 0.25) is 0 Å². The van der Waals surface area contributed by atoms with Crippen LogP contribution >= 0.6 is 11.3 Å². The van der Waals surface area contributed by atoms with Gasteiger partial charge in [-0.15, -0.1) is 11.3 Å². The van der Waals surface area contributed by atoms with E-state index in [4.69, 9.17) is 9.84 Å². The number of aryl methyl sites for hydroxylation is 1. The predicted octanol–water partition coefficient (Wildman–Crippen LogP) is 6.20. The lowest BCUT2D eigenvalue weighted by Gasteiger charge is -2.12. The Bertz CT molecular complexity index is 1550. The van der Waals surface area contributed by atoms with Gasteiger partial charge in [0.25, 0.3) is 5.91 Å². The summed E-state index contributed by atoms with van der Waals surface area (Å²) in [4.78, 5) is 27.2. The summed E-state index contributed by atoms with van der Waals surface area (Å²) >= 11 is 1.39. The molecule has 7 nitrogen and oxygen atoms in total. The van der Waals surface area contributed by atoms with Crippen LogP contribution in [-0.2, 0) is 22.4 Å². The summed E-state index contributed by atoms with van der Waals surface area (Å²) in [5.74, 6) is -1.02. The highest BCUT2D eigenvalue weighted by Gasteiger charge is 2.28. The van der Waals surface area contributed by atoms with Crippen LogP contribution in [0.25, 0.3) is 23.0 Å². The minimum absolute atomic E-state index is 0.0871. The maximum absolute atomic E-state index is 13.3. The van der Waals surface area contributed by atoms with Crippen molar-refractivity contribution in [2.24, 2.45) is 0 Å². The minimum Gasteiger partial charge on any atom is -0.462 e. The number of esters is 1. The Hall–Kier alpha value is -4.48. The summed E-state index contributed by atoms with van der Waals surface area (Å²) < 4.78 is 7.02. The molecule has 2 aromatic heterocycles. The molecule has 4 aromatic rings. The summed E-state index contributed by atoms with van der Waals surface area (Å²) in [6, 6.07) is 21.3. The molecule has 8 heteroatoms. The Morgan fingerprint density at radius 3 is 2.53 bits per heavy atom. The van der Waals surface area contributed by atoms with E-state index in [0.29, 0.717) is 21.8 Å². The first kappa shape index (κ1) is 25.2. The van der Waals surface area contributed by atoms with Crippen LogP contribution in [0.4, 0.5) is 5.00 Å². The lowest BCUT2D eigenvalue weighted by Crippen LogP contribution is -2.16. The highest BCUT2D eigenvalue weighted by molar-refractivity contribution is 7.17. The van der Waals surface area contributed by atoms with Gasteiger partial charge >= 0.3 is 5.97 Å². The molecule has 1 aliphatic carbocycles. The standard InChI is InChI=1S/C30H26N4O3S/c1-2-37-30(36)26-24-15-9-10-16-25(24)38-29(26)32-28(35)21(18-31)17-22-19-34(23-13-7-4-8-14-23)33-27(22)20-11-5-3-6-12-20/h3-8,11-14,17,19H,2,9-10,15-16H2,1H3,(H,32,35)/b21-17+. The number of benzene rings is 2. The van der Waals surface area contributed by atoms with Crippen molar-refractivity contribution in [3.05, 3.63) is 94.0 Å². The van der Waals surface area contributed by atoms with Crippen LogP contribution in [0.1, 0.15) is 46.1 Å². The van der Waals surface area contributed by atoms with E-state index in [2.05, 4.69) is 5.32 Å². The Balaban J connectivity index is 1.52. The van der Waals surface area contributed by atoms with Crippen molar-refractivity contribution < 1.29 is 14.3 Å². The summed E-state index contributed by atoms with van der Waals surface area (Å²) in [5, 5.41) is 18.0. The van der Waals surface area contributed by atoms with E-state index in [9.17, 15) is 14.9 Å². The van der Waals surface area contributed by atoms with E-state index in [1.807, 2.05) is 66.7 Å². The number of ether oxygens (including phenoxy) is 1. The molecule has 2 aromatic carbocycles. The highest BCUT2D eigenvalue weighted by Crippen LogP contribution is 2.39. The number of hydrogen-bond acceptors (Lipinski definition) is 6. The highest BCUT2D eigenvalue weighted by atomic mass is 32.1. The number of amides is 1. The summed E-state index contributed by atoms with van der Waals surface area (Å²) in [6.45, 7) is 2.00. The van der Waals surface area contributed by atoms with E-state index in [-0.39, 0.29) is 12.2 Å². The largest absolute Gasteiger partial charge is 0.462 e. The fourth-order valence-corrected chi connectivity index (χ4v) is 5.85. The smallest absolute Gasteiger partial charge is 0.341 e. The van der Waals surface area contributed by atoms with Crippen molar-refractivity contribution in [2.45, 2.75) is 32.6 Å². The fourth-order valence-electron chi connectivity index (χ4n) is 4.57. The van der Waals surface area contributed by atoms with Gasteiger partial charge in [-0.3, -0.25) is 4.79 Å². The number of fused-ring (bicyclic) bond motifs is 1. The summed E-state index contributed by atoms with van der Waals surface area (Å²) in [6.07, 6.45) is 7.01. The lowest BCUT2D eigenvalue weighted by molar-refractivity contribution is -0.112. The quantitative estimate of drug-likeness (QED) is 0.177. The third kappa shape index (κ3) is 5.15. The molecule has 0 unspecified atom stereocenters. The van der Waals surface area contributed by atoms with Crippen molar-refractivity contribution in [3.63, 3.8) is 0 Å². The molecule has 5 rings (SSSR count). The monoisotopic (exact) mass is 522 g/mol. The van der Waals surface area contributed by atoms with Gasteiger partial charge in [0.15, 0.2) is 0 Å². The molecule has 0 saturated carbocycles. The van der Waals surface area contributed by atoms with Crippen molar-refractivity contribution in [1.29, 1.82) is 5.26 Å². The van der Waals surface area contributed by atoms with Gasteiger partial charge in [0, 0.05) is 22.2 Å². The molecule has 1 N–H and O–H groups in total. The van der Waals surface area contributed by atoms with Crippen LogP contribution in [0.2, 0.25) is 0 Å². The number of carbonyl (C=O) groups excluding carboxylic acids is 2. The van der Waals surface area contributed by atoms with Gasteiger partial charge in [-0.25, -0.2) is 9.48 Å². The van der Waals surface area contributed by atoms with Crippen LogP contribution in [0.15, 0.2) is 72.4 Å². The van der Waals surface area contributed by atoms with E-state index < -0.39 is 11.9 Å². The van der Waals surface area contributed by atoms with E-state index in [0.717, 1.165) is 47.4 Å². The van der Waals surface area contributed by atoms with Crippen LogP contribution in [0.5, 0.6) is 0 Å². The van der Waals surface area contributed by atoms with Crippen molar-refractivity contribution in [2.75, 3.05) is 11.9 Å². The Morgan fingerprint density at radius 1 is 1.11 bits per heavy atom. The van der Waals surface area contributed by atoms with Crippen molar-refractivity contribution in [3.8, 4) is 23.0 Å². The lowest BCUT2D eigenvalue weighted by atomic mass is 9.95. The number of carbonyl (C=O) groups is 2. The molecule has 0 bridgehead atoms.